The highest BCUT2D eigenvalue weighted by atomic mass is 35.5. The van der Waals surface area contributed by atoms with E-state index in [-0.39, 0.29) is 89.9 Å². The molecule has 16 rings (SSSR count). The molecule has 0 saturated carbocycles. The van der Waals surface area contributed by atoms with E-state index in [1.54, 1.807) is 79.9 Å². The molecule has 0 fully saturated rings. The molecule has 10 aromatic rings. The zero-order valence-electron chi connectivity index (χ0n) is 79.0. The van der Waals surface area contributed by atoms with Gasteiger partial charge in [0.2, 0.25) is 35.3 Å². The van der Waals surface area contributed by atoms with E-state index in [2.05, 4.69) is 175 Å². The number of hydrogen-bond donors (Lipinski definition) is 3. The number of methoxy groups -OCH3 is 1. The highest BCUT2D eigenvalue weighted by molar-refractivity contribution is 7.59. The SMILES string of the molecule is COc1ccc(Cl)nc1OCC[Si](C)(C)C.C[Si](C)(C)CCOc1nc(O[C@H]2CCc3c(O)cccc32)ccc1C=O.Cc1cccc2c1CCC2=O.Cc1cccc2c1CC[C@@H]2O.Cc1cccc2c1CC[C@@H]2Oc1ccc(C=O)c(OCC[Si](C)(C)C)n1.Cc1cccc2c1CC[C@@H]2Oc1ccc(C=O)c(OCC[Si](C)(C)C)n1.O=C1CCc2c(O)cccc21.S.S.S.S. The Hall–Kier alpha value is -9.21. The molecule has 4 heterocycles. The molecule has 0 unspecified atom stereocenters. The second-order valence-corrected chi connectivity index (χ2v) is 60.6. The Morgan fingerprint density at radius 3 is 1.04 bits per heavy atom. The number of hydrogen-bond acceptors (Lipinski definition) is 20. The maximum Gasteiger partial charge on any atom is 0.258 e. The molecule has 6 aromatic carbocycles. The minimum Gasteiger partial charge on any atom is -0.508 e. The van der Waals surface area contributed by atoms with Crippen LogP contribution >= 0.6 is 65.6 Å². The number of aldehydes is 3. The van der Waals surface area contributed by atoms with Gasteiger partial charge in [-0.1, -0.05) is 187 Å². The van der Waals surface area contributed by atoms with Crippen LogP contribution in [0.3, 0.4) is 0 Å². The summed E-state index contributed by atoms with van der Waals surface area (Å²) < 4.78 is 46.5. The molecule has 131 heavy (non-hydrogen) atoms. The maximum absolute atomic E-state index is 11.3. The minimum absolute atomic E-state index is 0. The summed E-state index contributed by atoms with van der Waals surface area (Å²) in [5.41, 5.74) is 20.0. The van der Waals surface area contributed by atoms with Gasteiger partial charge in [-0.2, -0.15) is 73.9 Å². The lowest BCUT2D eigenvalue weighted by Crippen LogP contribution is -2.22. The molecule has 706 valence electrons. The van der Waals surface area contributed by atoms with Crippen LogP contribution in [0, 0.1) is 27.7 Å². The van der Waals surface area contributed by atoms with Crippen molar-refractivity contribution in [3.63, 3.8) is 0 Å². The summed E-state index contributed by atoms with van der Waals surface area (Å²) in [7, 11) is -3.11. The molecule has 6 aliphatic rings. The molecule has 0 radical (unpaired) electrons. The lowest BCUT2D eigenvalue weighted by atomic mass is 10.0. The third-order valence-corrected chi connectivity index (χ3v) is 30.1. The van der Waals surface area contributed by atoms with Crippen molar-refractivity contribution in [3.05, 3.63) is 269 Å². The standard InChI is InChI=1S/2C21H27NO3Si.C20H25NO4Si.C11H18ClNO2Si.C10H12O.C10H10O.C9H8O2.4H2S/c2*1-15-6-5-7-18-17(15)9-10-19(18)25-20-11-8-16(14-23)21(22-20)24-12-13-26(2,3)4;1-26(2,3)12-11-24-20-14(13-22)7-10-19(21-20)25-18-9-8-15-16(18)5-4-6-17(15)23;1-14-9-5-6-10(12)13-11(9)15-7-8-16(2,3)4;2*1-7-3-2-4-9-8(7)5-6-10(9)11;10-8-3-1-2-6-7(8)4-5-9(6)11;;;;/h2*5-8,11,14,19H,9-10,12-13H2,1-4H3;4-7,10,13,18,23H,8-9,11-12H2,1-3H3;5-6H,7-8H2,1-4H3;2-4,10-11H,5-6H2,1H3;2-4H,5-6H2,1H3;1-3,10H,4-5H2;4*1H2/t2*19-;18-;;10-;;;;;;/m000.0....../s1. The van der Waals surface area contributed by atoms with Gasteiger partial charge in [0.25, 0.3) is 5.88 Å². The van der Waals surface area contributed by atoms with Crippen molar-refractivity contribution in [1.29, 1.82) is 0 Å². The number of phenols is 2. The summed E-state index contributed by atoms with van der Waals surface area (Å²) in [6.45, 7) is 38.3. The Bertz CT molecular complexity index is 5110. The Morgan fingerprint density at radius 2 is 0.672 bits per heavy atom. The zero-order chi connectivity index (χ0) is 91.9. The highest BCUT2D eigenvalue weighted by Gasteiger charge is 2.32. The van der Waals surface area contributed by atoms with Gasteiger partial charge in [0.1, 0.15) is 35.0 Å². The number of carbonyl (C=O) groups is 5. The molecule has 29 heteroatoms. The first-order chi connectivity index (χ1) is 60.4. The first-order valence-corrected chi connectivity index (χ1v) is 59.4. The Labute approximate surface area is 811 Å². The van der Waals surface area contributed by atoms with Crippen molar-refractivity contribution in [2.45, 2.75) is 232 Å². The molecule has 0 saturated heterocycles. The van der Waals surface area contributed by atoms with E-state index in [4.69, 9.17) is 49.5 Å². The van der Waals surface area contributed by atoms with Crippen LogP contribution in [0.2, 0.25) is 108 Å². The van der Waals surface area contributed by atoms with Crippen molar-refractivity contribution in [3.8, 4) is 58.4 Å². The number of nitrogens with zero attached hydrogens (tertiary/aromatic N) is 4. The predicted octanol–water partition coefficient (Wildman–Crippen LogP) is 23.9. The van der Waals surface area contributed by atoms with Crippen molar-refractivity contribution >= 4 is 128 Å². The van der Waals surface area contributed by atoms with E-state index < -0.39 is 32.3 Å². The molecule has 0 amide bonds. The van der Waals surface area contributed by atoms with Crippen LogP contribution in [0.15, 0.2) is 158 Å². The fourth-order valence-corrected chi connectivity index (χ4v) is 18.5. The van der Waals surface area contributed by atoms with Crippen molar-refractivity contribution < 1.29 is 77.2 Å². The number of Topliss-reactive ketones (excluding diaryl/α,β-unsaturated/α-hetero) is 2. The molecule has 0 bridgehead atoms. The van der Waals surface area contributed by atoms with Gasteiger partial charge < -0.3 is 53.2 Å². The fourth-order valence-electron chi connectivity index (χ4n) is 15.6. The van der Waals surface area contributed by atoms with Gasteiger partial charge in [-0.3, -0.25) is 24.0 Å². The summed E-state index contributed by atoms with van der Waals surface area (Å²) in [4.78, 5) is 73.6. The average Bonchev–Trinajstić information content (AvgIpc) is 1.66. The van der Waals surface area contributed by atoms with E-state index >= 15 is 0 Å². The van der Waals surface area contributed by atoms with E-state index in [9.17, 15) is 39.3 Å². The normalized spacial score (nSPS) is 15.4. The van der Waals surface area contributed by atoms with E-state index in [0.29, 0.717) is 132 Å². The third-order valence-electron chi connectivity index (χ3n) is 23.1. The molecule has 6 aliphatic carbocycles. The number of fused-ring (bicyclic) bond motifs is 6. The monoisotopic (exact) mass is 1950 g/mol. The van der Waals surface area contributed by atoms with Crippen molar-refractivity contribution in [1.82, 2.24) is 19.9 Å². The topological polar surface area (TPSA) is 271 Å². The molecule has 20 nitrogen and oxygen atoms in total. The number of benzene rings is 6. The van der Waals surface area contributed by atoms with Gasteiger partial charge in [-0.05, 0) is 225 Å². The van der Waals surface area contributed by atoms with Crippen LogP contribution in [0.1, 0.15) is 193 Å². The van der Waals surface area contributed by atoms with Crippen molar-refractivity contribution in [2.24, 2.45) is 0 Å². The number of ketones is 2. The summed E-state index contributed by atoms with van der Waals surface area (Å²) in [6, 6.07) is 53.3. The molecule has 4 aromatic heterocycles. The number of aliphatic hydroxyl groups excluding tert-OH is 1. The van der Waals surface area contributed by atoms with E-state index in [1.165, 1.54) is 55.6 Å². The van der Waals surface area contributed by atoms with Gasteiger partial charge >= 0.3 is 0 Å². The minimum atomic E-state index is -1.22. The van der Waals surface area contributed by atoms with E-state index in [1.807, 2.05) is 36.4 Å². The van der Waals surface area contributed by atoms with Crippen molar-refractivity contribution in [2.75, 3.05) is 33.5 Å². The van der Waals surface area contributed by atoms with Gasteiger partial charge in [0.15, 0.2) is 36.2 Å². The number of aryl methyl sites for hydroxylation is 4. The van der Waals surface area contributed by atoms with Gasteiger partial charge in [-0.15, -0.1) is 0 Å². The number of halogens is 1. The first kappa shape index (κ1) is 111. The maximum atomic E-state index is 11.3. The largest absolute Gasteiger partial charge is 0.508 e. The molecule has 0 aliphatic heterocycles. The predicted molar refractivity (Wildman–Crippen MR) is 555 cm³/mol. The van der Waals surface area contributed by atoms with Crippen LogP contribution in [0.5, 0.6) is 58.4 Å². The molecule has 4 atom stereocenters. The number of aromatic nitrogens is 4. The fraction of sp³-hybridized carbons (Fsp3) is 0.402. The highest BCUT2D eigenvalue weighted by Crippen LogP contribution is 2.42. The number of carbonyl (C=O) groups excluding carboxylic acids is 5. The van der Waals surface area contributed by atoms with Gasteiger partial charge in [-0.25, -0.2) is 0 Å². The Morgan fingerprint density at radius 1 is 0.359 bits per heavy atom. The number of aliphatic hydroxyl groups is 1. The summed E-state index contributed by atoms with van der Waals surface area (Å²) in [5, 5.41) is 29.2. The first-order valence-electron chi connectivity index (χ1n) is 44.2. The number of phenolic OH excluding ortho intramolecular Hbond substituents is 2. The molecule has 3 N–H and O–H groups in total. The summed E-state index contributed by atoms with van der Waals surface area (Å²) >= 11 is 5.80. The zero-order valence-corrected chi connectivity index (χ0v) is 87.8. The second kappa shape index (κ2) is 51.3. The Balaban J connectivity index is 0.000000241. The second-order valence-electron chi connectivity index (χ2n) is 37.8. The van der Waals surface area contributed by atoms with Crippen LogP contribution in [-0.2, 0) is 38.5 Å². The lowest BCUT2D eigenvalue weighted by molar-refractivity contribution is 0.0986. The lowest BCUT2D eigenvalue weighted by Gasteiger charge is -2.18. The van der Waals surface area contributed by atoms with E-state index in [0.717, 1.165) is 129 Å². The summed E-state index contributed by atoms with van der Waals surface area (Å²) in [5.74, 6) is 4.66. The van der Waals surface area contributed by atoms with Crippen LogP contribution in [-0.4, -0.2) is 132 Å². The summed E-state index contributed by atoms with van der Waals surface area (Å²) in [6.07, 6.45) is 12.3. The number of pyridine rings is 4. The number of rotatable bonds is 26. The molecular formula is C102H135ClN4O16S4Si4. The van der Waals surface area contributed by atoms with Crippen LogP contribution < -0.4 is 37.9 Å². The quantitative estimate of drug-likeness (QED) is 0.0258. The molecular weight excluding hydrogens is 1810 g/mol. The van der Waals surface area contributed by atoms with Crippen LogP contribution in [0.4, 0.5) is 0 Å². The Kier molecular flexibility index (Phi) is 43.3. The molecule has 0 spiro atoms. The van der Waals surface area contributed by atoms with Crippen LogP contribution in [0.25, 0.3) is 0 Å². The van der Waals surface area contributed by atoms with Gasteiger partial charge in [0, 0.05) is 85.6 Å². The third kappa shape index (κ3) is 32.6. The average molecular weight is 1950 g/mol. The van der Waals surface area contributed by atoms with Gasteiger partial charge in [0.05, 0.1) is 56.3 Å². The number of aromatic hydroxyl groups is 2. The number of ether oxygens (including phenoxy) is 8. The smallest absolute Gasteiger partial charge is 0.258 e.